The second-order valence-corrected chi connectivity index (χ2v) is 8.70. The largest absolute Gasteiger partial charge is 0.459 e. The van der Waals surface area contributed by atoms with Crippen LogP contribution in [0.25, 0.3) is 0 Å². The molecule has 0 saturated heterocycles. The molecule has 0 saturated carbocycles. The number of hydrogen-bond acceptors (Lipinski definition) is 6. The van der Waals surface area contributed by atoms with Gasteiger partial charge in [-0.1, -0.05) is 24.0 Å². The number of furan rings is 1. The van der Waals surface area contributed by atoms with Crippen molar-refractivity contribution in [2.45, 2.75) is 45.4 Å². The molecule has 3 heterocycles. The van der Waals surface area contributed by atoms with E-state index < -0.39 is 5.60 Å². The molecule has 0 atom stereocenters. The van der Waals surface area contributed by atoms with Gasteiger partial charge in [-0.25, -0.2) is 0 Å². The van der Waals surface area contributed by atoms with Crippen LogP contribution in [0.15, 0.2) is 47.1 Å². The van der Waals surface area contributed by atoms with Crippen molar-refractivity contribution in [2.75, 3.05) is 19.6 Å². The lowest BCUT2D eigenvalue weighted by Crippen LogP contribution is -2.28. The van der Waals surface area contributed by atoms with Crippen LogP contribution in [0.2, 0.25) is 0 Å². The molecule has 1 aliphatic rings. The van der Waals surface area contributed by atoms with E-state index in [2.05, 4.69) is 49.0 Å². The lowest BCUT2D eigenvalue weighted by Gasteiger charge is -2.19. The molecule has 172 valence electrons. The van der Waals surface area contributed by atoms with Crippen LogP contribution in [-0.2, 0) is 25.9 Å². The zero-order valence-electron chi connectivity index (χ0n) is 19.0. The summed E-state index contributed by atoms with van der Waals surface area (Å²) in [5.41, 5.74) is 1.13. The number of fused-ring (bicyclic) bond motifs is 1. The molecule has 0 fully saturated rings. The summed E-state index contributed by atoms with van der Waals surface area (Å²) < 4.78 is 7.29. The van der Waals surface area contributed by atoms with Crippen LogP contribution in [0.4, 0.5) is 0 Å². The number of carbonyl (C=O) groups is 1. The highest BCUT2D eigenvalue weighted by molar-refractivity contribution is 5.91. The Kier molecular flexibility index (Phi) is 6.92. The van der Waals surface area contributed by atoms with Gasteiger partial charge in [0.25, 0.3) is 5.91 Å². The van der Waals surface area contributed by atoms with Crippen molar-refractivity contribution in [2.24, 2.45) is 0 Å². The maximum Gasteiger partial charge on any atom is 0.286 e. The Morgan fingerprint density at radius 1 is 1.18 bits per heavy atom. The standard InChI is InChI=1S/C25H29N5O3/c1-25(2,32)12-9-19-5-7-20(8-6-19)18-29-14-11-23-28-27-22(30(23)16-15-29)10-13-26-24(31)21-4-3-17-33-21/h3-8,17,32H,10-11,13-16,18H2,1-2H3,(H,26,31). The Bertz CT molecular complexity index is 1130. The maximum atomic E-state index is 12.0. The van der Waals surface area contributed by atoms with Crippen LogP contribution in [0.1, 0.15) is 47.2 Å². The van der Waals surface area contributed by atoms with Gasteiger partial charge in [-0.3, -0.25) is 9.69 Å². The molecule has 8 nitrogen and oxygen atoms in total. The number of nitrogens with one attached hydrogen (secondary N) is 1. The Morgan fingerprint density at radius 2 is 2.00 bits per heavy atom. The summed E-state index contributed by atoms with van der Waals surface area (Å²) in [5, 5.41) is 21.3. The molecule has 0 bridgehead atoms. The molecule has 1 amide bonds. The minimum atomic E-state index is -0.992. The molecule has 3 aromatic rings. The van der Waals surface area contributed by atoms with E-state index in [1.54, 1.807) is 26.0 Å². The average Bonchev–Trinajstić information content (AvgIpc) is 3.41. The Hall–Kier alpha value is -3.41. The molecule has 0 unspecified atom stereocenters. The molecule has 33 heavy (non-hydrogen) atoms. The van der Waals surface area contributed by atoms with E-state index in [0.29, 0.717) is 18.7 Å². The normalized spacial score (nSPS) is 14.2. The Morgan fingerprint density at radius 3 is 2.73 bits per heavy atom. The summed E-state index contributed by atoms with van der Waals surface area (Å²) >= 11 is 0. The number of hydrogen-bond donors (Lipinski definition) is 2. The van der Waals surface area contributed by atoms with Gasteiger partial charge in [0, 0.05) is 51.1 Å². The molecule has 8 heteroatoms. The van der Waals surface area contributed by atoms with Gasteiger partial charge in [-0.2, -0.15) is 0 Å². The van der Waals surface area contributed by atoms with Crippen LogP contribution < -0.4 is 5.32 Å². The quantitative estimate of drug-likeness (QED) is 0.562. The Labute approximate surface area is 193 Å². The number of aliphatic hydroxyl groups is 1. The predicted molar refractivity (Wildman–Crippen MR) is 123 cm³/mol. The molecule has 2 aromatic heterocycles. The van der Waals surface area contributed by atoms with Gasteiger partial charge in [0.05, 0.1) is 6.26 Å². The molecule has 0 spiro atoms. The second kappa shape index (κ2) is 10.0. The molecule has 1 aliphatic heterocycles. The summed E-state index contributed by atoms with van der Waals surface area (Å²) in [6, 6.07) is 11.5. The number of rotatable bonds is 6. The second-order valence-electron chi connectivity index (χ2n) is 8.70. The van der Waals surface area contributed by atoms with Crippen molar-refractivity contribution >= 4 is 5.91 Å². The van der Waals surface area contributed by atoms with Crippen molar-refractivity contribution in [3.05, 3.63) is 71.2 Å². The first-order valence-corrected chi connectivity index (χ1v) is 11.2. The lowest BCUT2D eigenvalue weighted by molar-refractivity contribution is 0.0926. The van der Waals surface area contributed by atoms with Gasteiger partial charge >= 0.3 is 0 Å². The van der Waals surface area contributed by atoms with Crippen molar-refractivity contribution in [1.29, 1.82) is 0 Å². The van der Waals surface area contributed by atoms with Gasteiger partial charge < -0.3 is 19.4 Å². The molecule has 0 aliphatic carbocycles. The topological polar surface area (TPSA) is 96.4 Å². The maximum absolute atomic E-state index is 12.0. The monoisotopic (exact) mass is 447 g/mol. The van der Waals surface area contributed by atoms with Crippen LogP contribution >= 0.6 is 0 Å². The fourth-order valence-electron chi connectivity index (χ4n) is 3.73. The molecule has 0 radical (unpaired) electrons. The van der Waals surface area contributed by atoms with Gasteiger partial charge in [0.1, 0.15) is 17.2 Å². The minimum Gasteiger partial charge on any atom is -0.459 e. The lowest BCUT2D eigenvalue weighted by atomic mass is 10.1. The molecule has 1 aromatic carbocycles. The number of benzene rings is 1. The van der Waals surface area contributed by atoms with Gasteiger partial charge in [-0.05, 0) is 43.7 Å². The van der Waals surface area contributed by atoms with Crippen molar-refractivity contribution in [3.8, 4) is 11.8 Å². The number of nitrogens with zero attached hydrogens (tertiary/aromatic N) is 4. The average molecular weight is 448 g/mol. The third kappa shape index (κ3) is 6.31. The summed E-state index contributed by atoms with van der Waals surface area (Å²) in [5.74, 6) is 7.81. The van der Waals surface area contributed by atoms with Crippen molar-refractivity contribution in [3.63, 3.8) is 0 Å². The van der Waals surface area contributed by atoms with E-state index in [1.807, 2.05) is 12.1 Å². The highest BCUT2D eigenvalue weighted by atomic mass is 16.3. The summed E-state index contributed by atoms with van der Waals surface area (Å²) in [6.45, 7) is 7.31. The highest BCUT2D eigenvalue weighted by Crippen LogP contribution is 2.14. The van der Waals surface area contributed by atoms with E-state index in [4.69, 9.17) is 4.42 Å². The highest BCUT2D eigenvalue weighted by Gasteiger charge is 2.19. The summed E-state index contributed by atoms with van der Waals surface area (Å²) in [7, 11) is 0. The van der Waals surface area contributed by atoms with E-state index in [-0.39, 0.29) is 5.91 Å². The fourth-order valence-corrected chi connectivity index (χ4v) is 3.73. The van der Waals surface area contributed by atoms with Gasteiger partial charge in [0.2, 0.25) is 0 Å². The SMILES string of the molecule is CC(C)(O)C#Cc1ccc(CN2CCc3nnc(CCNC(=O)c4ccco4)n3CC2)cc1. The van der Waals surface area contributed by atoms with Crippen molar-refractivity contribution < 1.29 is 14.3 Å². The van der Waals surface area contributed by atoms with Crippen LogP contribution in [0, 0.1) is 11.8 Å². The summed E-state index contributed by atoms with van der Waals surface area (Å²) in [4.78, 5) is 14.4. The third-order valence-corrected chi connectivity index (χ3v) is 5.45. The van der Waals surface area contributed by atoms with Crippen molar-refractivity contribution in [1.82, 2.24) is 25.0 Å². The van der Waals surface area contributed by atoms with E-state index >= 15 is 0 Å². The third-order valence-electron chi connectivity index (χ3n) is 5.45. The van der Waals surface area contributed by atoms with Gasteiger partial charge in [-0.15, -0.1) is 10.2 Å². The Balaban J connectivity index is 1.29. The van der Waals surface area contributed by atoms with Crippen LogP contribution in [0.5, 0.6) is 0 Å². The minimum absolute atomic E-state index is 0.223. The molecule has 4 rings (SSSR count). The van der Waals surface area contributed by atoms with E-state index in [0.717, 1.165) is 49.8 Å². The first-order valence-electron chi connectivity index (χ1n) is 11.2. The molecule has 2 N–H and O–H groups in total. The molecular weight excluding hydrogens is 418 g/mol. The summed E-state index contributed by atoms with van der Waals surface area (Å²) in [6.07, 6.45) is 2.94. The van der Waals surface area contributed by atoms with Crippen LogP contribution in [-0.4, -0.2) is 55.9 Å². The number of carbonyl (C=O) groups excluding carboxylic acids is 1. The predicted octanol–water partition coefficient (Wildman–Crippen LogP) is 2.02. The molecular formula is C25H29N5O3. The first-order chi connectivity index (χ1) is 15.9. The first kappa shape index (κ1) is 22.8. The zero-order chi connectivity index (χ0) is 23.3. The van der Waals surface area contributed by atoms with Crippen LogP contribution in [0.3, 0.4) is 0 Å². The smallest absolute Gasteiger partial charge is 0.286 e. The zero-order valence-corrected chi connectivity index (χ0v) is 19.0. The fraction of sp³-hybridized carbons (Fsp3) is 0.400. The van der Waals surface area contributed by atoms with E-state index in [1.165, 1.54) is 11.8 Å². The number of aromatic nitrogens is 3. The number of amides is 1. The van der Waals surface area contributed by atoms with Gasteiger partial charge in [0.15, 0.2) is 5.76 Å². The van der Waals surface area contributed by atoms with E-state index in [9.17, 15) is 9.90 Å².